The molecule has 3 rings (SSSR count). The highest BCUT2D eigenvalue weighted by molar-refractivity contribution is 7.92. The van der Waals surface area contributed by atoms with Gasteiger partial charge in [-0.1, -0.05) is 65.1 Å². The number of amides is 2. The molecule has 11 heteroatoms. The lowest BCUT2D eigenvalue weighted by molar-refractivity contribution is -0.139. The molecule has 7 nitrogen and oxygen atoms in total. The van der Waals surface area contributed by atoms with E-state index >= 15 is 0 Å². The molecule has 37 heavy (non-hydrogen) atoms. The third kappa shape index (κ3) is 7.17. The number of hydrogen-bond donors (Lipinski definition) is 1. The van der Waals surface area contributed by atoms with Crippen molar-refractivity contribution in [1.82, 2.24) is 10.2 Å². The number of likely N-dealkylation sites (N-methyl/N-ethyl adjacent to an activating group) is 1. The van der Waals surface area contributed by atoms with Crippen LogP contribution in [0.25, 0.3) is 0 Å². The number of sulfonamides is 1. The molecule has 0 unspecified atom stereocenters. The van der Waals surface area contributed by atoms with Gasteiger partial charge in [0, 0.05) is 18.1 Å². The van der Waals surface area contributed by atoms with Gasteiger partial charge in [0.25, 0.3) is 10.0 Å². The molecular weight excluding hydrogens is 557 g/mol. The minimum Gasteiger partial charge on any atom is -0.355 e. The second-order valence-corrected chi connectivity index (χ2v) is 11.3. The summed E-state index contributed by atoms with van der Waals surface area (Å²) >= 11 is 18.3. The molecule has 3 aromatic rings. The largest absolute Gasteiger partial charge is 0.355 e. The summed E-state index contributed by atoms with van der Waals surface area (Å²) in [6.07, 6.45) is 0. The van der Waals surface area contributed by atoms with Crippen LogP contribution in [0.3, 0.4) is 0 Å². The topological polar surface area (TPSA) is 86.8 Å². The first-order chi connectivity index (χ1) is 17.5. The van der Waals surface area contributed by atoms with Gasteiger partial charge in [-0.15, -0.1) is 0 Å². The van der Waals surface area contributed by atoms with E-state index in [0.29, 0.717) is 27.2 Å². The number of nitrogens with one attached hydrogen (secondary N) is 1. The highest BCUT2D eigenvalue weighted by Gasteiger charge is 2.32. The van der Waals surface area contributed by atoms with Crippen molar-refractivity contribution < 1.29 is 18.0 Å². The first kappa shape index (κ1) is 28.8. The van der Waals surface area contributed by atoms with E-state index in [1.165, 1.54) is 23.1 Å². The Morgan fingerprint density at radius 3 is 2.24 bits per heavy atom. The van der Waals surface area contributed by atoms with E-state index in [9.17, 15) is 18.0 Å². The van der Waals surface area contributed by atoms with Crippen molar-refractivity contribution in [3.8, 4) is 0 Å². The third-order valence-corrected chi connectivity index (χ3v) is 8.32. The Labute approximate surface area is 232 Å². The summed E-state index contributed by atoms with van der Waals surface area (Å²) in [6.45, 7) is 3.15. The Balaban J connectivity index is 2.03. The summed E-state index contributed by atoms with van der Waals surface area (Å²) in [5.74, 6) is -0.972. The van der Waals surface area contributed by atoms with Crippen molar-refractivity contribution in [3.63, 3.8) is 0 Å². The van der Waals surface area contributed by atoms with E-state index in [1.807, 2.05) is 0 Å². The molecule has 0 radical (unpaired) electrons. The lowest BCUT2D eigenvalue weighted by Crippen LogP contribution is -2.51. The first-order valence-electron chi connectivity index (χ1n) is 11.4. The van der Waals surface area contributed by atoms with Crippen LogP contribution in [0.4, 0.5) is 5.69 Å². The fourth-order valence-corrected chi connectivity index (χ4v) is 5.55. The maximum absolute atomic E-state index is 13.7. The van der Waals surface area contributed by atoms with Crippen molar-refractivity contribution in [2.45, 2.75) is 31.3 Å². The molecule has 1 atom stereocenters. The monoisotopic (exact) mass is 581 g/mol. The Bertz CT molecular complexity index is 1370. The standard InChI is InChI=1S/C26H26Cl3N3O4S/c1-3-30-26(34)18(2)31(16-19-12-13-23(28)24(29)14-19)25(33)17-32(21-9-7-8-20(27)15-21)37(35,36)22-10-5-4-6-11-22/h4-15,18H,3,16-17H2,1-2H3,(H,30,34)/t18-/m1/s1. The van der Waals surface area contributed by atoms with Gasteiger partial charge in [0.2, 0.25) is 11.8 Å². The molecule has 0 bridgehead atoms. The molecule has 0 aliphatic heterocycles. The SMILES string of the molecule is CCNC(=O)[C@@H](C)N(Cc1ccc(Cl)c(Cl)c1)C(=O)CN(c1cccc(Cl)c1)S(=O)(=O)c1ccccc1. The molecule has 0 saturated carbocycles. The molecule has 0 aliphatic carbocycles. The smallest absolute Gasteiger partial charge is 0.264 e. The number of benzene rings is 3. The van der Waals surface area contributed by atoms with Crippen molar-refractivity contribution in [1.29, 1.82) is 0 Å². The number of nitrogens with zero attached hydrogens (tertiary/aromatic N) is 2. The van der Waals surface area contributed by atoms with Crippen LogP contribution in [0.1, 0.15) is 19.4 Å². The second-order valence-electron chi connectivity index (χ2n) is 8.15. The minimum atomic E-state index is -4.15. The van der Waals surface area contributed by atoms with Gasteiger partial charge >= 0.3 is 0 Å². The van der Waals surface area contributed by atoms with Gasteiger partial charge in [0.05, 0.1) is 20.6 Å². The van der Waals surface area contributed by atoms with Crippen LogP contribution in [0, 0.1) is 0 Å². The Morgan fingerprint density at radius 1 is 0.919 bits per heavy atom. The maximum Gasteiger partial charge on any atom is 0.264 e. The fourth-order valence-electron chi connectivity index (χ4n) is 3.62. The lowest BCUT2D eigenvalue weighted by atomic mass is 10.1. The van der Waals surface area contributed by atoms with Crippen molar-refractivity contribution in [2.24, 2.45) is 0 Å². The molecule has 3 aromatic carbocycles. The predicted molar refractivity (Wildman–Crippen MR) is 148 cm³/mol. The zero-order valence-corrected chi connectivity index (χ0v) is 23.3. The molecule has 0 aromatic heterocycles. The Morgan fingerprint density at radius 2 is 1.62 bits per heavy atom. The molecule has 0 aliphatic rings. The van der Waals surface area contributed by atoms with E-state index in [4.69, 9.17) is 34.8 Å². The van der Waals surface area contributed by atoms with Gasteiger partial charge in [-0.05, 0) is 61.9 Å². The lowest BCUT2D eigenvalue weighted by Gasteiger charge is -2.32. The average Bonchev–Trinajstić information content (AvgIpc) is 2.87. The molecule has 0 fully saturated rings. The first-order valence-corrected chi connectivity index (χ1v) is 14.0. The van der Waals surface area contributed by atoms with Crippen LogP contribution >= 0.6 is 34.8 Å². The second kappa shape index (κ2) is 12.6. The van der Waals surface area contributed by atoms with Gasteiger partial charge in [-0.25, -0.2) is 8.42 Å². The van der Waals surface area contributed by atoms with Gasteiger partial charge in [-0.3, -0.25) is 13.9 Å². The quantitative estimate of drug-likeness (QED) is 0.347. The summed E-state index contributed by atoms with van der Waals surface area (Å²) in [4.78, 5) is 27.8. The zero-order chi connectivity index (χ0) is 27.2. The highest BCUT2D eigenvalue weighted by Crippen LogP contribution is 2.27. The summed E-state index contributed by atoms with van der Waals surface area (Å²) < 4.78 is 28.3. The number of rotatable bonds is 10. The number of hydrogen-bond acceptors (Lipinski definition) is 4. The van der Waals surface area contributed by atoms with Crippen LogP contribution in [0.2, 0.25) is 15.1 Å². The summed E-state index contributed by atoms with van der Waals surface area (Å²) in [7, 11) is -4.15. The highest BCUT2D eigenvalue weighted by atomic mass is 35.5. The Kier molecular flexibility index (Phi) is 9.84. The van der Waals surface area contributed by atoms with E-state index in [1.54, 1.807) is 68.4 Å². The van der Waals surface area contributed by atoms with E-state index in [-0.39, 0.29) is 23.0 Å². The summed E-state index contributed by atoms with van der Waals surface area (Å²) in [6, 6.07) is 18.0. The number of halogens is 3. The zero-order valence-electron chi connectivity index (χ0n) is 20.2. The molecule has 0 saturated heterocycles. The van der Waals surface area contributed by atoms with Crippen LogP contribution in [-0.4, -0.2) is 44.3 Å². The number of anilines is 1. The fraction of sp³-hybridized carbons (Fsp3) is 0.231. The summed E-state index contributed by atoms with van der Waals surface area (Å²) in [5, 5.41) is 3.66. The molecular formula is C26H26Cl3N3O4S. The van der Waals surface area contributed by atoms with E-state index < -0.39 is 28.5 Å². The normalized spacial score (nSPS) is 12.0. The van der Waals surface area contributed by atoms with Crippen LogP contribution < -0.4 is 9.62 Å². The molecule has 1 N–H and O–H groups in total. The molecule has 0 heterocycles. The van der Waals surface area contributed by atoms with Gasteiger partial charge in [-0.2, -0.15) is 0 Å². The molecule has 196 valence electrons. The molecule has 2 amide bonds. The van der Waals surface area contributed by atoms with Gasteiger partial charge in [0.1, 0.15) is 12.6 Å². The van der Waals surface area contributed by atoms with Gasteiger partial charge in [0.15, 0.2) is 0 Å². The van der Waals surface area contributed by atoms with Crippen molar-refractivity contribution in [2.75, 3.05) is 17.4 Å². The van der Waals surface area contributed by atoms with Crippen LogP contribution in [0.5, 0.6) is 0 Å². The third-order valence-electron chi connectivity index (χ3n) is 5.56. The van der Waals surface area contributed by atoms with Gasteiger partial charge < -0.3 is 10.2 Å². The van der Waals surface area contributed by atoms with Crippen LogP contribution in [-0.2, 0) is 26.2 Å². The van der Waals surface area contributed by atoms with Crippen LogP contribution in [0.15, 0.2) is 77.7 Å². The van der Waals surface area contributed by atoms with E-state index in [0.717, 1.165) is 4.31 Å². The Hall–Kier alpha value is -2.78. The van der Waals surface area contributed by atoms with Crippen molar-refractivity contribution in [3.05, 3.63) is 93.4 Å². The molecule has 0 spiro atoms. The minimum absolute atomic E-state index is 0.00277. The van der Waals surface area contributed by atoms with E-state index in [2.05, 4.69) is 5.32 Å². The maximum atomic E-state index is 13.7. The summed E-state index contributed by atoms with van der Waals surface area (Å²) in [5.41, 5.74) is 0.837. The van der Waals surface area contributed by atoms with Crippen molar-refractivity contribution >= 4 is 62.3 Å². The number of carbonyl (C=O) groups excluding carboxylic acids is 2. The average molecular weight is 583 g/mol. The predicted octanol–water partition coefficient (Wildman–Crippen LogP) is 5.40. The number of carbonyl (C=O) groups is 2.